The van der Waals surface area contributed by atoms with Gasteiger partial charge in [0.1, 0.15) is 11.3 Å². The van der Waals surface area contributed by atoms with Crippen LogP contribution in [0.1, 0.15) is 5.56 Å². The lowest BCUT2D eigenvalue weighted by Gasteiger charge is -2.14. The van der Waals surface area contributed by atoms with Gasteiger partial charge in [0.2, 0.25) is 0 Å². The van der Waals surface area contributed by atoms with E-state index >= 15 is 0 Å². The lowest BCUT2D eigenvalue weighted by Crippen LogP contribution is -2.08. The van der Waals surface area contributed by atoms with E-state index in [1.165, 1.54) is 25.4 Å². The second-order valence-electron chi connectivity index (χ2n) is 3.87. The molecule has 4 nitrogen and oxygen atoms in total. The highest BCUT2D eigenvalue weighted by Gasteiger charge is 2.35. The summed E-state index contributed by atoms with van der Waals surface area (Å²) in [5.74, 6) is -0.202. The SMILES string of the molecule is COc1cccnc1Oc1ccc(N)cc1C(F)(F)F. The van der Waals surface area contributed by atoms with Crippen LogP contribution in [-0.4, -0.2) is 12.1 Å². The number of rotatable bonds is 3. The first-order valence-corrected chi connectivity index (χ1v) is 5.55. The van der Waals surface area contributed by atoms with Gasteiger partial charge >= 0.3 is 6.18 Å². The van der Waals surface area contributed by atoms with Gasteiger partial charge in [0.15, 0.2) is 5.75 Å². The Labute approximate surface area is 113 Å². The highest BCUT2D eigenvalue weighted by molar-refractivity contribution is 5.50. The monoisotopic (exact) mass is 284 g/mol. The molecule has 0 unspecified atom stereocenters. The van der Waals surface area contributed by atoms with Crippen molar-refractivity contribution in [3.8, 4) is 17.4 Å². The van der Waals surface area contributed by atoms with E-state index in [2.05, 4.69) is 4.98 Å². The van der Waals surface area contributed by atoms with Gasteiger partial charge in [-0.2, -0.15) is 13.2 Å². The highest BCUT2D eigenvalue weighted by Crippen LogP contribution is 2.40. The van der Waals surface area contributed by atoms with E-state index in [0.29, 0.717) is 0 Å². The number of benzene rings is 1. The molecule has 7 heteroatoms. The quantitative estimate of drug-likeness (QED) is 0.877. The molecule has 0 aliphatic rings. The van der Waals surface area contributed by atoms with Crippen LogP contribution in [0.5, 0.6) is 17.4 Å². The van der Waals surface area contributed by atoms with Crippen LogP contribution in [0.15, 0.2) is 36.5 Å². The molecule has 2 N–H and O–H groups in total. The van der Waals surface area contributed by atoms with Gasteiger partial charge in [-0.15, -0.1) is 0 Å². The Balaban J connectivity index is 2.44. The second-order valence-corrected chi connectivity index (χ2v) is 3.87. The van der Waals surface area contributed by atoms with Gasteiger partial charge in [-0.25, -0.2) is 4.98 Å². The molecule has 0 radical (unpaired) electrons. The third kappa shape index (κ3) is 2.93. The number of nitrogens with two attached hydrogens (primary N) is 1. The Bertz CT molecular complexity index is 615. The number of methoxy groups -OCH3 is 1. The van der Waals surface area contributed by atoms with E-state index in [1.54, 1.807) is 6.07 Å². The molecular weight excluding hydrogens is 273 g/mol. The number of halogens is 3. The van der Waals surface area contributed by atoms with E-state index in [-0.39, 0.29) is 23.1 Å². The van der Waals surface area contributed by atoms with Gasteiger partial charge in [0.05, 0.1) is 7.11 Å². The normalized spacial score (nSPS) is 11.2. The lowest BCUT2D eigenvalue weighted by molar-refractivity contribution is -0.138. The number of alkyl halides is 3. The zero-order chi connectivity index (χ0) is 14.8. The minimum absolute atomic E-state index is 0.00217. The van der Waals surface area contributed by atoms with Gasteiger partial charge < -0.3 is 15.2 Å². The molecule has 2 rings (SSSR count). The molecule has 2 aromatic rings. The standard InChI is InChI=1S/C13H11F3N2O2/c1-19-11-3-2-6-18-12(11)20-10-5-4-8(17)7-9(10)13(14,15)16/h2-7H,17H2,1H3. The van der Waals surface area contributed by atoms with Crippen molar-refractivity contribution in [2.45, 2.75) is 6.18 Å². The zero-order valence-electron chi connectivity index (χ0n) is 10.4. The molecule has 0 saturated carbocycles. The summed E-state index contributed by atoms with van der Waals surface area (Å²) in [4.78, 5) is 3.84. The van der Waals surface area contributed by atoms with E-state index in [4.69, 9.17) is 15.2 Å². The van der Waals surface area contributed by atoms with Gasteiger partial charge in [0, 0.05) is 11.9 Å². The maximum absolute atomic E-state index is 12.9. The Morgan fingerprint density at radius 2 is 1.90 bits per heavy atom. The maximum Gasteiger partial charge on any atom is 0.420 e. The fourth-order valence-corrected chi connectivity index (χ4v) is 1.57. The van der Waals surface area contributed by atoms with Crippen molar-refractivity contribution in [2.75, 3.05) is 12.8 Å². The van der Waals surface area contributed by atoms with Crippen LogP contribution >= 0.6 is 0 Å². The van der Waals surface area contributed by atoms with Gasteiger partial charge in [-0.1, -0.05) is 0 Å². The number of anilines is 1. The van der Waals surface area contributed by atoms with Crippen LogP contribution < -0.4 is 15.2 Å². The van der Waals surface area contributed by atoms with Gasteiger partial charge in [-0.3, -0.25) is 0 Å². The van der Waals surface area contributed by atoms with Crippen molar-refractivity contribution in [1.29, 1.82) is 0 Å². The summed E-state index contributed by atoms with van der Waals surface area (Å²) in [6.45, 7) is 0. The van der Waals surface area contributed by atoms with E-state index in [0.717, 1.165) is 12.1 Å². The van der Waals surface area contributed by atoms with E-state index in [1.807, 2.05) is 0 Å². The Morgan fingerprint density at radius 1 is 1.15 bits per heavy atom. The summed E-state index contributed by atoms with van der Waals surface area (Å²) in [6.07, 6.45) is -3.19. The van der Waals surface area contributed by atoms with Crippen molar-refractivity contribution in [1.82, 2.24) is 4.98 Å². The molecule has 106 valence electrons. The van der Waals surface area contributed by atoms with Crippen molar-refractivity contribution in [3.63, 3.8) is 0 Å². The summed E-state index contributed by atoms with van der Waals surface area (Å²) in [6, 6.07) is 6.39. The molecule has 0 saturated heterocycles. The van der Waals surface area contributed by atoms with Crippen LogP contribution in [0, 0.1) is 0 Å². The van der Waals surface area contributed by atoms with Crippen LogP contribution in [0.4, 0.5) is 18.9 Å². The first kappa shape index (κ1) is 14.0. The summed E-state index contributed by atoms with van der Waals surface area (Å²) in [5.41, 5.74) is 4.41. The lowest BCUT2D eigenvalue weighted by atomic mass is 10.1. The Hall–Kier alpha value is -2.44. The number of hydrogen-bond donors (Lipinski definition) is 1. The molecule has 0 bridgehead atoms. The van der Waals surface area contributed by atoms with E-state index in [9.17, 15) is 13.2 Å². The molecule has 1 aromatic heterocycles. The van der Waals surface area contributed by atoms with Crippen molar-refractivity contribution in [3.05, 3.63) is 42.1 Å². The molecule has 1 heterocycles. The number of pyridine rings is 1. The number of ether oxygens (including phenoxy) is 2. The van der Waals surface area contributed by atoms with Crippen LogP contribution in [0.3, 0.4) is 0 Å². The second kappa shape index (κ2) is 5.28. The maximum atomic E-state index is 12.9. The Kier molecular flexibility index (Phi) is 3.69. The third-order valence-corrected chi connectivity index (χ3v) is 2.47. The van der Waals surface area contributed by atoms with Gasteiger partial charge in [-0.05, 0) is 30.3 Å². The largest absolute Gasteiger partial charge is 0.491 e. The van der Waals surface area contributed by atoms with E-state index < -0.39 is 11.7 Å². The predicted octanol–water partition coefficient (Wildman–Crippen LogP) is 3.48. The third-order valence-electron chi connectivity index (χ3n) is 2.47. The molecule has 0 fully saturated rings. The molecule has 1 aromatic carbocycles. The molecule has 0 atom stereocenters. The molecule has 0 spiro atoms. The molecule has 0 aliphatic heterocycles. The Morgan fingerprint density at radius 3 is 2.55 bits per heavy atom. The number of nitrogen functional groups attached to an aromatic ring is 1. The van der Waals surface area contributed by atoms with Crippen molar-refractivity contribution in [2.24, 2.45) is 0 Å². The minimum Gasteiger partial charge on any atom is -0.491 e. The average molecular weight is 284 g/mol. The molecular formula is C13H11F3N2O2. The van der Waals surface area contributed by atoms with Crippen molar-refractivity contribution >= 4 is 5.69 Å². The fraction of sp³-hybridized carbons (Fsp3) is 0.154. The fourth-order valence-electron chi connectivity index (χ4n) is 1.57. The first-order valence-electron chi connectivity index (χ1n) is 5.55. The topological polar surface area (TPSA) is 57.4 Å². The molecule has 0 amide bonds. The van der Waals surface area contributed by atoms with Crippen molar-refractivity contribution < 1.29 is 22.6 Å². The zero-order valence-corrected chi connectivity index (χ0v) is 10.4. The minimum atomic E-state index is -4.58. The highest BCUT2D eigenvalue weighted by atomic mass is 19.4. The summed E-state index contributed by atoms with van der Waals surface area (Å²) in [7, 11) is 1.37. The summed E-state index contributed by atoms with van der Waals surface area (Å²) >= 11 is 0. The number of nitrogens with zero attached hydrogens (tertiary/aromatic N) is 1. The predicted molar refractivity (Wildman–Crippen MR) is 66.7 cm³/mol. The van der Waals surface area contributed by atoms with Crippen LogP contribution in [0.2, 0.25) is 0 Å². The number of aromatic nitrogens is 1. The number of hydrogen-bond acceptors (Lipinski definition) is 4. The summed E-state index contributed by atoms with van der Waals surface area (Å²) < 4.78 is 49.0. The average Bonchev–Trinajstić information content (AvgIpc) is 2.40. The molecule has 0 aliphatic carbocycles. The smallest absolute Gasteiger partial charge is 0.420 e. The van der Waals surface area contributed by atoms with Crippen LogP contribution in [-0.2, 0) is 6.18 Å². The summed E-state index contributed by atoms with van der Waals surface area (Å²) in [5, 5.41) is 0. The van der Waals surface area contributed by atoms with Gasteiger partial charge in [0.25, 0.3) is 5.88 Å². The van der Waals surface area contributed by atoms with Crippen LogP contribution in [0.25, 0.3) is 0 Å². The first-order chi connectivity index (χ1) is 9.41. The molecule has 20 heavy (non-hydrogen) atoms.